The molecule has 4 nitrogen and oxygen atoms in total. The topological polar surface area (TPSA) is 44.1 Å². The maximum atomic E-state index is 12.4. The number of aromatic nitrogens is 2. The summed E-state index contributed by atoms with van der Waals surface area (Å²) < 4.78 is 7.20. The molecule has 1 heterocycles. The largest absolute Gasteiger partial charge is 0.407 e. The average molecular weight is 369 g/mol. The SMILES string of the molecule is CC(C)(CCl)C(=O)Oc1cc(C(C)(C)C)nn1-c1cccc(Cl)c1. The second-order valence-corrected chi connectivity index (χ2v) is 8.12. The number of rotatable bonds is 4. The van der Waals surface area contributed by atoms with Crippen molar-refractivity contribution >= 4 is 29.2 Å². The van der Waals surface area contributed by atoms with E-state index in [1.54, 1.807) is 36.7 Å². The van der Waals surface area contributed by atoms with Gasteiger partial charge in [0.25, 0.3) is 0 Å². The highest BCUT2D eigenvalue weighted by Crippen LogP contribution is 2.30. The van der Waals surface area contributed by atoms with Gasteiger partial charge in [0, 0.05) is 22.4 Å². The molecule has 0 unspecified atom stereocenters. The molecule has 0 fully saturated rings. The fourth-order valence-electron chi connectivity index (χ4n) is 1.88. The van der Waals surface area contributed by atoms with Crippen molar-refractivity contribution in [2.24, 2.45) is 5.41 Å². The molecule has 1 aromatic heterocycles. The van der Waals surface area contributed by atoms with Crippen molar-refractivity contribution < 1.29 is 9.53 Å². The van der Waals surface area contributed by atoms with Crippen LogP contribution in [0.5, 0.6) is 5.88 Å². The third-order valence-electron chi connectivity index (χ3n) is 3.58. The first-order valence-electron chi connectivity index (χ1n) is 7.69. The normalized spacial score (nSPS) is 12.3. The van der Waals surface area contributed by atoms with Crippen LogP contribution in [0, 0.1) is 5.41 Å². The van der Waals surface area contributed by atoms with E-state index in [4.69, 9.17) is 27.9 Å². The van der Waals surface area contributed by atoms with Crippen molar-refractivity contribution in [1.29, 1.82) is 0 Å². The minimum Gasteiger partial charge on any atom is -0.407 e. The molecule has 24 heavy (non-hydrogen) atoms. The summed E-state index contributed by atoms with van der Waals surface area (Å²) in [6.45, 7) is 9.63. The van der Waals surface area contributed by atoms with Crippen LogP contribution in [0.1, 0.15) is 40.3 Å². The Morgan fingerprint density at radius 1 is 1.21 bits per heavy atom. The molecule has 2 aromatic rings. The summed E-state index contributed by atoms with van der Waals surface area (Å²) in [4.78, 5) is 12.4. The predicted octanol–water partition coefficient (Wildman–Crippen LogP) is 4.99. The zero-order chi connectivity index (χ0) is 18.1. The fourth-order valence-corrected chi connectivity index (χ4v) is 2.18. The standard InChI is InChI=1S/C18H22Cl2N2O2/c1-17(2,3)14-10-15(24-16(23)18(4,5)11-19)22(21-14)13-8-6-7-12(20)9-13/h6-10H,11H2,1-5H3. The molecule has 0 amide bonds. The molecule has 0 aliphatic heterocycles. The average Bonchev–Trinajstić information content (AvgIpc) is 2.91. The minimum absolute atomic E-state index is 0.170. The van der Waals surface area contributed by atoms with Gasteiger partial charge >= 0.3 is 5.97 Å². The van der Waals surface area contributed by atoms with Crippen LogP contribution in [-0.2, 0) is 10.2 Å². The van der Waals surface area contributed by atoms with Crippen molar-refractivity contribution in [3.8, 4) is 11.6 Å². The van der Waals surface area contributed by atoms with Gasteiger partial charge in [0.05, 0.1) is 16.8 Å². The molecule has 0 aliphatic carbocycles. The molecule has 0 spiro atoms. The van der Waals surface area contributed by atoms with Crippen LogP contribution < -0.4 is 4.74 Å². The minimum atomic E-state index is -0.785. The van der Waals surface area contributed by atoms with E-state index in [0.29, 0.717) is 10.9 Å². The van der Waals surface area contributed by atoms with E-state index in [-0.39, 0.29) is 11.3 Å². The summed E-state index contributed by atoms with van der Waals surface area (Å²) >= 11 is 11.9. The highest BCUT2D eigenvalue weighted by Gasteiger charge is 2.31. The van der Waals surface area contributed by atoms with E-state index in [2.05, 4.69) is 5.10 Å². The Hall–Kier alpha value is -1.52. The van der Waals surface area contributed by atoms with Gasteiger partial charge < -0.3 is 4.74 Å². The van der Waals surface area contributed by atoms with Crippen molar-refractivity contribution in [3.05, 3.63) is 41.0 Å². The molecule has 0 atom stereocenters. The Bertz CT molecular complexity index is 746. The first kappa shape index (κ1) is 18.8. The van der Waals surface area contributed by atoms with Gasteiger partial charge in [-0.15, -0.1) is 11.6 Å². The number of carbonyl (C=O) groups excluding carboxylic acids is 1. The lowest BCUT2D eigenvalue weighted by atomic mass is 9.92. The molecule has 130 valence electrons. The number of hydrogen-bond donors (Lipinski definition) is 0. The number of carbonyl (C=O) groups is 1. The molecule has 0 aliphatic rings. The first-order chi connectivity index (χ1) is 11.0. The number of ether oxygens (including phenoxy) is 1. The lowest BCUT2D eigenvalue weighted by Crippen LogP contribution is -2.31. The van der Waals surface area contributed by atoms with Crippen LogP contribution in [0.15, 0.2) is 30.3 Å². The highest BCUT2D eigenvalue weighted by molar-refractivity contribution is 6.30. The molecule has 1 aromatic carbocycles. The highest BCUT2D eigenvalue weighted by atomic mass is 35.5. The van der Waals surface area contributed by atoms with E-state index >= 15 is 0 Å². The van der Waals surface area contributed by atoms with Crippen LogP contribution in [-0.4, -0.2) is 21.6 Å². The summed E-state index contributed by atoms with van der Waals surface area (Å²) in [5, 5.41) is 5.18. The molecule has 0 radical (unpaired) electrons. The van der Waals surface area contributed by atoms with E-state index in [9.17, 15) is 4.79 Å². The third-order valence-corrected chi connectivity index (χ3v) is 4.49. The zero-order valence-electron chi connectivity index (χ0n) is 14.6. The molecular weight excluding hydrogens is 347 g/mol. The number of halogens is 2. The van der Waals surface area contributed by atoms with Crippen molar-refractivity contribution in [2.45, 2.75) is 40.0 Å². The second kappa shape index (κ2) is 6.77. The summed E-state index contributed by atoms with van der Waals surface area (Å²) in [7, 11) is 0. The number of esters is 1. The number of benzene rings is 1. The van der Waals surface area contributed by atoms with Crippen molar-refractivity contribution in [3.63, 3.8) is 0 Å². The van der Waals surface area contributed by atoms with Gasteiger partial charge in [-0.1, -0.05) is 38.4 Å². The number of nitrogens with zero attached hydrogens (tertiary/aromatic N) is 2. The van der Waals surface area contributed by atoms with E-state index in [1.807, 2.05) is 32.9 Å². The lowest BCUT2D eigenvalue weighted by molar-refractivity contribution is -0.143. The molecule has 6 heteroatoms. The van der Waals surface area contributed by atoms with Crippen LogP contribution in [0.3, 0.4) is 0 Å². The van der Waals surface area contributed by atoms with Gasteiger partial charge in [-0.25, -0.2) is 4.68 Å². The number of alkyl halides is 1. The molecule has 0 N–H and O–H groups in total. The Morgan fingerprint density at radius 3 is 2.42 bits per heavy atom. The summed E-state index contributed by atoms with van der Waals surface area (Å²) in [5.74, 6) is 0.120. The molecular formula is C18H22Cl2N2O2. The van der Waals surface area contributed by atoms with Gasteiger partial charge in [0.2, 0.25) is 5.88 Å². The Morgan fingerprint density at radius 2 is 1.88 bits per heavy atom. The fraction of sp³-hybridized carbons (Fsp3) is 0.444. The van der Waals surface area contributed by atoms with Gasteiger partial charge in [-0.3, -0.25) is 4.79 Å². The predicted molar refractivity (Wildman–Crippen MR) is 97.4 cm³/mol. The van der Waals surface area contributed by atoms with E-state index in [0.717, 1.165) is 11.4 Å². The van der Waals surface area contributed by atoms with Crippen molar-refractivity contribution in [1.82, 2.24) is 9.78 Å². The first-order valence-corrected chi connectivity index (χ1v) is 8.60. The van der Waals surface area contributed by atoms with Gasteiger partial charge in [0.15, 0.2) is 0 Å². The third kappa shape index (κ3) is 4.11. The second-order valence-electron chi connectivity index (χ2n) is 7.42. The van der Waals surface area contributed by atoms with Gasteiger partial charge in [-0.2, -0.15) is 5.10 Å². The van der Waals surface area contributed by atoms with Crippen LogP contribution in [0.4, 0.5) is 0 Å². The summed E-state index contributed by atoms with van der Waals surface area (Å²) in [6.07, 6.45) is 0. The molecule has 0 saturated carbocycles. The molecule has 2 rings (SSSR count). The maximum absolute atomic E-state index is 12.4. The quantitative estimate of drug-likeness (QED) is 0.563. The van der Waals surface area contributed by atoms with E-state index < -0.39 is 11.4 Å². The Labute approximate surface area is 152 Å². The van der Waals surface area contributed by atoms with Crippen LogP contribution in [0.25, 0.3) is 5.69 Å². The Kier molecular flexibility index (Phi) is 5.31. The summed E-state index contributed by atoms with van der Waals surface area (Å²) in [5.41, 5.74) is 0.568. The smallest absolute Gasteiger partial charge is 0.319 e. The Balaban J connectivity index is 2.49. The van der Waals surface area contributed by atoms with Gasteiger partial charge in [0.1, 0.15) is 0 Å². The molecule has 0 saturated heterocycles. The monoisotopic (exact) mass is 368 g/mol. The van der Waals surface area contributed by atoms with Gasteiger partial charge in [-0.05, 0) is 32.0 Å². The van der Waals surface area contributed by atoms with E-state index in [1.165, 1.54) is 0 Å². The zero-order valence-corrected chi connectivity index (χ0v) is 16.1. The molecule has 0 bridgehead atoms. The van der Waals surface area contributed by atoms with Crippen molar-refractivity contribution in [2.75, 3.05) is 5.88 Å². The summed E-state index contributed by atoms with van der Waals surface area (Å²) in [6, 6.07) is 9.01. The van der Waals surface area contributed by atoms with Crippen LogP contribution in [0.2, 0.25) is 5.02 Å². The maximum Gasteiger partial charge on any atom is 0.319 e. The lowest BCUT2D eigenvalue weighted by Gasteiger charge is -2.19. The van der Waals surface area contributed by atoms with Crippen LogP contribution >= 0.6 is 23.2 Å². The number of hydrogen-bond acceptors (Lipinski definition) is 3.